The maximum Gasteiger partial charge on any atom is 0.295 e. The van der Waals surface area contributed by atoms with E-state index in [1.165, 1.54) is 12.8 Å². The molecular weight excluding hydrogens is 393 g/mol. The van der Waals surface area contributed by atoms with Crippen LogP contribution in [0.3, 0.4) is 0 Å². The molecule has 0 unspecified atom stereocenters. The average Bonchev–Trinajstić information content (AvgIpc) is 3.36. The molecule has 0 amide bonds. The van der Waals surface area contributed by atoms with E-state index < -0.39 is 12.3 Å². The molecule has 1 aromatic rings. The average molecular weight is 428 g/mol. The smallest absolute Gasteiger partial charge is 0.295 e. The minimum atomic E-state index is -1.08. The normalized spacial score (nSPS) is 44.1. The molecule has 0 aliphatic heterocycles. The summed E-state index contributed by atoms with van der Waals surface area (Å²) in [5, 5.41) is 14.7. The molecule has 4 fully saturated rings. The first kappa shape index (κ1) is 21.1. The van der Waals surface area contributed by atoms with E-state index in [2.05, 4.69) is 16.9 Å². The van der Waals surface area contributed by atoms with E-state index in [1.54, 1.807) is 16.9 Å². The summed E-state index contributed by atoms with van der Waals surface area (Å²) in [6, 6.07) is 1.66. The first-order valence-corrected chi connectivity index (χ1v) is 12.1. The number of aromatic nitrogens is 2. The molecule has 0 aromatic carbocycles. The number of Topliss-reactive ketones (excluding diaryl/α,β-unsaturated/α-hetero) is 1. The molecule has 0 bridgehead atoms. The van der Waals surface area contributed by atoms with Gasteiger partial charge in [0.1, 0.15) is 13.2 Å². The first-order chi connectivity index (χ1) is 14.9. The molecular formula is C25H34FN3O2. The minimum absolute atomic E-state index is 0.0647. The molecule has 0 spiro atoms. The number of rotatable bonds is 4. The summed E-state index contributed by atoms with van der Waals surface area (Å²) in [7, 11) is 0. The Morgan fingerprint density at radius 1 is 1.23 bits per heavy atom. The lowest BCUT2D eigenvalue weighted by Crippen LogP contribution is -2.52. The second kappa shape index (κ2) is 7.69. The van der Waals surface area contributed by atoms with E-state index in [4.69, 9.17) is 6.57 Å². The molecule has 0 saturated heterocycles. The number of hydrogen-bond donors (Lipinski definition) is 1. The van der Waals surface area contributed by atoms with Gasteiger partial charge in [-0.15, -0.1) is 0 Å². The Bertz CT molecular complexity index is 894. The van der Waals surface area contributed by atoms with Crippen molar-refractivity contribution >= 4 is 11.6 Å². The van der Waals surface area contributed by atoms with Crippen molar-refractivity contribution in [3.8, 4) is 0 Å². The van der Waals surface area contributed by atoms with Crippen LogP contribution < -0.4 is 0 Å². The molecule has 0 radical (unpaired) electrons. The summed E-state index contributed by atoms with van der Waals surface area (Å²) < 4.78 is 15.0. The van der Waals surface area contributed by atoms with Gasteiger partial charge >= 0.3 is 0 Å². The number of fused-ring (bicyclic) bond motifs is 5. The molecule has 4 saturated carbocycles. The van der Waals surface area contributed by atoms with Crippen LogP contribution in [-0.2, 0) is 11.3 Å². The summed E-state index contributed by atoms with van der Waals surface area (Å²) in [6.45, 7) is 9.08. The van der Waals surface area contributed by atoms with E-state index in [1.807, 2.05) is 0 Å². The quantitative estimate of drug-likeness (QED) is 0.690. The van der Waals surface area contributed by atoms with Crippen LogP contribution in [0, 0.1) is 47.5 Å². The van der Waals surface area contributed by atoms with Gasteiger partial charge in [-0.2, -0.15) is 4.68 Å². The molecule has 4 aliphatic carbocycles. The third kappa shape index (κ3) is 3.44. The molecule has 1 heterocycles. The standard InChI is InChI=1S/C25H34FN3O2/c1-24-10-7-18-17-8-11-25(31,15-26)13-16(17)3-4-19(18)20(24)5-6-21(24)22(30)14-29-12-9-23(27-2)28-29/h9,12,16-21,31H,3-8,10-11,13-15H2,1H3/t16-,17+,18-,19-,20+,21-,24+,25-/m1/s1. The lowest BCUT2D eigenvalue weighted by Gasteiger charge is -2.56. The fourth-order valence-electron chi connectivity index (χ4n) is 8.38. The fourth-order valence-corrected chi connectivity index (χ4v) is 8.38. The number of alkyl halides is 1. The molecule has 6 heteroatoms. The maximum atomic E-state index is 13.4. The number of ketones is 1. The van der Waals surface area contributed by atoms with Crippen LogP contribution in [0.5, 0.6) is 0 Å². The zero-order chi connectivity index (χ0) is 21.8. The maximum absolute atomic E-state index is 13.4. The molecule has 1 N–H and O–H groups in total. The molecule has 5 rings (SSSR count). The van der Waals surface area contributed by atoms with Gasteiger partial charge in [0.15, 0.2) is 5.78 Å². The van der Waals surface area contributed by atoms with E-state index in [0.717, 1.165) is 32.1 Å². The van der Waals surface area contributed by atoms with Gasteiger partial charge in [0, 0.05) is 12.1 Å². The van der Waals surface area contributed by atoms with Crippen LogP contribution >= 0.6 is 0 Å². The monoisotopic (exact) mass is 427 g/mol. The predicted molar refractivity (Wildman–Crippen MR) is 115 cm³/mol. The van der Waals surface area contributed by atoms with Crippen molar-refractivity contribution in [2.45, 2.75) is 76.9 Å². The number of nitrogens with zero attached hydrogens (tertiary/aromatic N) is 3. The highest BCUT2D eigenvalue weighted by Gasteiger charge is 2.59. The van der Waals surface area contributed by atoms with Crippen LogP contribution in [0.1, 0.15) is 64.7 Å². The Hall–Kier alpha value is -1.74. The van der Waals surface area contributed by atoms with Crippen LogP contribution in [-0.4, -0.2) is 32.9 Å². The zero-order valence-electron chi connectivity index (χ0n) is 18.5. The Labute approximate surface area is 184 Å². The number of carbonyl (C=O) groups excluding carboxylic acids is 1. The largest absolute Gasteiger partial charge is 0.387 e. The highest BCUT2D eigenvalue weighted by atomic mass is 19.1. The molecule has 1 aromatic heterocycles. The van der Waals surface area contributed by atoms with Crippen LogP contribution in [0.2, 0.25) is 0 Å². The van der Waals surface area contributed by atoms with Crippen molar-refractivity contribution < 1.29 is 14.3 Å². The number of aliphatic hydroxyl groups is 1. The number of hydrogen-bond acceptors (Lipinski definition) is 3. The lowest BCUT2D eigenvalue weighted by atomic mass is 9.49. The second-order valence-electron chi connectivity index (χ2n) is 11.2. The van der Waals surface area contributed by atoms with Gasteiger partial charge in [0.2, 0.25) is 0 Å². The number of carbonyl (C=O) groups is 1. The number of halogens is 1. The summed E-state index contributed by atoms with van der Waals surface area (Å²) in [6.07, 6.45) is 10.6. The summed E-state index contributed by atoms with van der Waals surface area (Å²) in [4.78, 5) is 16.6. The Morgan fingerprint density at radius 2 is 2.03 bits per heavy atom. The van der Waals surface area contributed by atoms with Crippen molar-refractivity contribution in [2.24, 2.45) is 40.9 Å². The van der Waals surface area contributed by atoms with Gasteiger partial charge in [0.05, 0.1) is 5.60 Å². The summed E-state index contributed by atoms with van der Waals surface area (Å²) in [5.74, 6) is 3.74. The van der Waals surface area contributed by atoms with Gasteiger partial charge in [0.25, 0.3) is 5.82 Å². The van der Waals surface area contributed by atoms with E-state index in [9.17, 15) is 14.3 Å². The molecule has 5 nitrogen and oxygen atoms in total. The van der Waals surface area contributed by atoms with Gasteiger partial charge in [-0.05, 0) is 104 Å². The zero-order valence-corrected chi connectivity index (χ0v) is 18.5. The van der Waals surface area contributed by atoms with Crippen molar-refractivity contribution in [3.05, 3.63) is 23.7 Å². The van der Waals surface area contributed by atoms with Gasteiger partial charge < -0.3 is 9.95 Å². The third-order valence-electron chi connectivity index (χ3n) is 9.80. The van der Waals surface area contributed by atoms with Gasteiger partial charge in [-0.1, -0.05) is 13.5 Å². The van der Waals surface area contributed by atoms with Crippen molar-refractivity contribution in [1.82, 2.24) is 9.78 Å². The molecule has 8 atom stereocenters. The topological polar surface area (TPSA) is 59.5 Å². The predicted octanol–water partition coefficient (Wildman–Crippen LogP) is 4.97. The SMILES string of the molecule is [C-]#[N+]c1ccn(CC(=O)[C@H]2CC[C@H]3[C@@H]4CC[C@@H]5C[C@@](O)(CF)CC[C@@H]5[C@H]4CC[C@]23C)n1. The lowest BCUT2D eigenvalue weighted by molar-refractivity contribution is -0.134. The highest BCUT2D eigenvalue weighted by molar-refractivity contribution is 5.82. The van der Waals surface area contributed by atoms with Crippen molar-refractivity contribution in [3.63, 3.8) is 0 Å². The van der Waals surface area contributed by atoms with Gasteiger partial charge in [-0.25, -0.2) is 4.39 Å². The van der Waals surface area contributed by atoms with Crippen LogP contribution in [0.15, 0.2) is 12.3 Å². The van der Waals surface area contributed by atoms with E-state index >= 15 is 0 Å². The summed E-state index contributed by atoms with van der Waals surface area (Å²) >= 11 is 0. The van der Waals surface area contributed by atoms with Crippen LogP contribution in [0.4, 0.5) is 10.2 Å². The molecule has 168 valence electrons. The van der Waals surface area contributed by atoms with E-state index in [-0.39, 0.29) is 23.7 Å². The highest BCUT2D eigenvalue weighted by Crippen LogP contribution is 2.64. The third-order valence-corrected chi connectivity index (χ3v) is 9.80. The first-order valence-electron chi connectivity index (χ1n) is 12.1. The summed E-state index contributed by atoms with van der Waals surface area (Å²) in [5.41, 5.74) is -1.02. The van der Waals surface area contributed by atoms with Crippen molar-refractivity contribution in [2.75, 3.05) is 6.67 Å². The Balaban J connectivity index is 1.29. The van der Waals surface area contributed by atoms with Gasteiger partial charge in [-0.3, -0.25) is 4.79 Å². The Kier molecular flexibility index (Phi) is 5.24. The minimum Gasteiger partial charge on any atom is -0.387 e. The van der Waals surface area contributed by atoms with E-state index in [0.29, 0.717) is 48.2 Å². The molecule has 31 heavy (non-hydrogen) atoms. The van der Waals surface area contributed by atoms with Crippen molar-refractivity contribution in [1.29, 1.82) is 0 Å². The second-order valence-corrected chi connectivity index (χ2v) is 11.2. The Morgan fingerprint density at radius 3 is 2.77 bits per heavy atom. The van der Waals surface area contributed by atoms with Crippen LogP contribution in [0.25, 0.3) is 4.85 Å². The molecule has 4 aliphatic rings. The fraction of sp³-hybridized carbons (Fsp3) is 0.800.